The molecule has 2 N–H and O–H groups in total. The Kier molecular flexibility index (Phi) is 4.98. The molecule has 0 fully saturated rings. The van der Waals surface area contributed by atoms with Gasteiger partial charge in [-0.05, 0) is 5.92 Å². The second-order valence-electron chi connectivity index (χ2n) is 4.05. The van der Waals surface area contributed by atoms with Crippen molar-refractivity contribution in [3.8, 4) is 5.88 Å². The molecule has 5 heteroatoms. The zero-order chi connectivity index (χ0) is 12.0. The standard InChI is InChI=1S/C11H20N4O/c1-9(2)7-15(5-4-12)10-6-11(16-3)14-8-13-10/h6,8-9H,4-5,7,12H2,1-3H3. The first-order valence-corrected chi connectivity index (χ1v) is 5.48. The molecule has 0 atom stereocenters. The minimum atomic E-state index is 0.563. The molecule has 0 saturated carbocycles. The average molecular weight is 224 g/mol. The summed E-state index contributed by atoms with van der Waals surface area (Å²) in [6.45, 7) is 6.67. The van der Waals surface area contributed by atoms with Gasteiger partial charge in [0.2, 0.25) is 5.88 Å². The SMILES string of the molecule is COc1cc(N(CCN)CC(C)C)ncn1. The first-order chi connectivity index (χ1) is 7.67. The molecule has 0 aliphatic heterocycles. The van der Waals surface area contributed by atoms with Crippen LogP contribution in [0.1, 0.15) is 13.8 Å². The van der Waals surface area contributed by atoms with E-state index in [4.69, 9.17) is 10.5 Å². The lowest BCUT2D eigenvalue weighted by Gasteiger charge is -2.24. The fourth-order valence-corrected chi connectivity index (χ4v) is 1.51. The number of ether oxygens (including phenoxy) is 1. The second-order valence-corrected chi connectivity index (χ2v) is 4.05. The van der Waals surface area contributed by atoms with Crippen molar-refractivity contribution in [3.63, 3.8) is 0 Å². The molecule has 1 rings (SSSR count). The molecule has 0 aliphatic rings. The predicted molar refractivity (Wildman–Crippen MR) is 64.7 cm³/mol. The van der Waals surface area contributed by atoms with Crippen LogP contribution in [0.4, 0.5) is 5.82 Å². The number of methoxy groups -OCH3 is 1. The highest BCUT2D eigenvalue weighted by atomic mass is 16.5. The van der Waals surface area contributed by atoms with E-state index in [2.05, 4.69) is 28.7 Å². The lowest BCUT2D eigenvalue weighted by molar-refractivity contribution is 0.396. The van der Waals surface area contributed by atoms with Crippen LogP contribution in [-0.2, 0) is 0 Å². The van der Waals surface area contributed by atoms with Gasteiger partial charge in [-0.15, -0.1) is 0 Å². The highest BCUT2D eigenvalue weighted by Crippen LogP contribution is 2.16. The third kappa shape index (κ3) is 3.66. The van der Waals surface area contributed by atoms with Gasteiger partial charge in [0.15, 0.2) is 0 Å². The first-order valence-electron chi connectivity index (χ1n) is 5.48. The Morgan fingerprint density at radius 2 is 2.19 bits per heavy atom. The van der Waals surface area contributed by atoms with Crippen molar-refractivity contribution in [2.75, 3.05) is 31.6 Å². The third-order valence-corrected chi connectivity index (χ3v) is 2.15. The maximum absolute atomic E-state index is 5.60. The molecule has 0 aromatic carbocycles. The fourth-order valence-electron chi connectivity index (χ4n) is 1.51. The van der Waals surface area contributed by atoms with Gasteiger partial charge in [-0.2, -0.15) is 0 Å². The molecule has 0 amide bonds. The number of rotatable bonds is 6. The van der Waals surface area contributed by atoms with Crippen molar-refractivity contribution in [1.82, 2.24) is 9.97 Å². The lowest BCUT2D eigenvalue weighted by atomic mass is 10.2. The van der Waals surface area contributed by atoms with Gasteiger partial charge in [-0.25, -0.2) is 9.97 Å². The number of hydrogen-bond donors (Lipinski definition) is 1. The lowest BCUT2D eigenvalue weighted by Crippen LogP contribution is -2.33. The van der Waals surface area contributed by atoms with Crippen molar-refractivity contribution < 1.29 is 4.74 Å². The Balaban J connectivity index is 2.82. The van der Waals surface area contributed by atoms with Crippen molar-refractivity contribution in [3.05, 3.63) is 12.4 Å². The van der Waals surface area contributed by atoms with E-state index < -0.39 is 0 Å². The summed E-state index contributed by atoms with van der Waals surface area (Å²) in [6, 6.07) is 1.83. The topological polar surface area (TPSA) is 64.3 Å². The molecule has 16 heavy (non-hydrogen) atoms. The Hall–Kier alpha value is -1.36. The molecule has 0 aliphatic carbocycles. The van der Waals surface area contributed by atoms with Crippen LogP contribution in [0.5, 0.6) is 5.88 Å². The van der Waals surface area contributed by atoms with E-state index in [1.165, 1.54) is 6.33 Å². The highest BCUT2D eigenvalue weighted by molar-refractivity contribution is 5.40. The van der Waals surface area contributed by atoms with Crippen molar-refractivity contribution >= 4 is 5.82 Å². The summed E-state index contributed by atoms with van der Waals surface area (Å²) in [7, 11) is 1.60. The summed E-state index contributed by atoms with van der Waals surface area (Å²) >= 11 is 0. The molecule has 0 radical (unpaired) electrons. The molecule has 0 unspecified atom stereocenters. The van der Waals surface area contributed by atoms with Gasteiger partial charge in [-0.1, -0.05) is 13.8 Å². The summed E-state index contributed by atoms with van der Waals surface area (Å²) in [5.41, 5.74) is 5.60. The Bertz CT molecular complexity index is 317. The van der Waals surface area contributed by atoms with E-state index in [0.717, 1.165) is 18.9 Å². The van der Waals surface area contributed by atoms with Gasteiger partial charge in [0, 0.05) is 25.7 Å². The quantitative estimate of drug-likeness (QED) is 0.778. The zero-order valence-electron chi connectivity index (χ0n) is 10.2. The first kappa shape index (κ1) is 12.7. The molecule has 0 bridgehead atoms. The third-order valence-electron chi connectivity index (χ3n) is 2.15. The Morgan fingerprint density at radius 3 is 2.75 bits per heavy atom. The van der Waals surface area contributed by atoms with Crippen molar-refractivity contribution in [2.24, 2.45) is 11.7 Å². The molecular formula is C11H20N4O. The normalized spacial score (nSPS) is 10.6. The van der Waals surface area contributed by atoms with Crippen molar-refractivity contribution in [2.45, 2.75) is 13.8 Å². The molecular weight excluding hydrogens is 204 g/mol. The van der Waals surface area contributed by atoms with Crippen LogP contribution < -0.4 is 15.4 Å². The van der Waals surface area contributed by atoms with E-state index in [1.54, 1.807) is 7.11 Å². The van der Waals surface area contributed by atoms with Gasteiger partial charge in [0.1, 0.15) is 12.1 Å². The van der Waals surface area contributed by atoms with E-state index in [0.29, 0.717) is 18.3 Å². The smallest absolute Gasteiger partial charge is 0.218 e. The van der Waals surface area contributed by atoms with Crippen LogP contribution in [0.25, 0.3) is 0 Å². The predicted octanol–water partition coefficient (Wildman–Crippen LogP) is 0.906. The largest absolute Gasteiger partial charge is 0.481 e. The van der Waals surface area contributed by atoms with Gasteiger partial charge in [-0.3, -0.25) is 0 Å². The maximum atomic E-state index is 5.60. The highest BCUT2D eigenvalue weighted by Gasteiger charge is 2.10. The number of hydrogen-bond acceptors (Lipinski definition) is 5. The molecule has 0 saturated heterocycles. The number of nitrogens with two attached hydrogens (primary N) is 1. The molecule has 1 heterocycles. The zero-order valence-corrected chi connectivity index (χ0v) is 10.2. The number of aromatic nitrogens is 2. The number of nitrogens with zero attached hydrogens (tertiary/aromatic N) is 3. The Labute approximate surface area is 96.6 Å². The van der Waals surface area contributed by atoms with Crippen LogP contribution >= 0.6 is 0 Å². The molecule has 1 aromatic heterocycles. The van der Waals surface area contributed by atoms with Crippen molar-refractivity contribution in [1.29, 1.82) is 0 Å². The van der Waals surface area contributed by atoms with Crippen LogP contribution in [0.15, 0.2) is 12.4 Å². The second kappa shape index (κ2) is 6.27. The summed E-state index contributed by atoms with van der Waals surface area (Å²) in [6.07, 6.45) is 1.51. The van der Waals surface area contributed by atoms with Gasteiger partial charge in [0.25, 0.3) is 0 Å². The van der Waals surface area contributed by atoms with E-state index >= 15 is 0 Å². The van der Waals surface area contributed by atoms with E-state index in [9.17, 15) is 0 Å². The van der Waals surface area contributed by atoms with E-state index in [1.807, 2.05) is 6.07 Å². The molecule has 90 valence electrons. The van der Waals surface area contributed by atoms with Gasteiger partial charge in [0.05, 0.1) is 7.11 Å². The summed E-state index contributed by atoms with van der Waals surface area (Å²) in [4.78, 5) is 10.4. The van der Waals surface area contributed by atoms with Crippen LogP contribution in [-0.4, -0.2) is 36.7 Å². The van der Waals surface area contributed by atoms with Crippen LogP contribution in [0.2, 0.25) is 0 Å². The number of anilines is 1. The summed E-state index contributed by atoms with van der Waals surface area (Å²) < 4.78 is 5.08. The molecule has 5 nitrogen and oxygen atoms in total. The molecule has 1 aromatic rings. The Morgan fingerprint density at radius 1 is 1.44 bits per heavy atom. The monoisotopic (exact) mass is 224 g/mol. The van der Waals surface area contributed by atoms with Crippen LogP contribution in [0.3, 0.4) is 0 Å². The summed E-state index contributed by atoms with van der Waals surface area (Å²) in [5.74, 6) is 2.01. The average Bonchev–Trinajstić information content (AvgIpc) is 2.28. The van der Waals surface area contributed by atoms with Gasteiger partial charge >= 0.3 is 0 Å². The van der Waals surface area contributed by atoms with E-state index in [-0.39, 0.29) is 0 Å². The maximum Gasteiger partial charge on any atom is 0.218 e. The van der Waals surface area contributed by atoms with Crippen LogP contribution in [0, 0.1) is 5.92 Å². The minimum Gasteiger partial charge on any atom is -0.481 e. The van der Waals surface area contributed by atoms with Gasteiger partial charge < -0.3 is 15.4 Å². The minimum absolute atomic E-state index is 0.563. The summed E-state index contributed by atoms with van der Waals surface area (Å²) in [5, 5.41) is 0. The fraction of sp³-hybridized carbons (Fsp3) is 0.636. The molecule has 0 spiro atoms.